The molecule has 0 aliphatic carbocycles. The summed E-state index contributed by atoms with van der Waals surface area (Å²) < 4.78 is 7.53. The molecule has 2 aromatic heterocycles. The molecule has 0 radical (unpaired) electrons. The lowest BCUT2D eigenvalue weighted by Gasteiger charge is -2.08. The van der Waals surface area contributed by atoms with Gasteiger partial charge in [-0.15, -0.1) is 0 Å². The first-order chi connectivity index (χ1) is 9.08. The molecule has 0 aliphatic heterocycles. The Balaban J connectivity index is 2.00. The Kier molecular flexibility index (Phi) is 4.37. The quantitative estimate of drug-likeness (QED) is 0.812. The van der Waals surface area contributed by atoms with E-state index >= 15 is 0 Å². The maximum atomic E-state index is 5.94. The van der Waals surface area contributed by atoms with E-state index in [1.165, 1.54) is 0 Å². The summed E-state index contributed by atoms with van der Waals surface area (Å²) in [6.45, 7) is 8.60. The number of ether oxygens (including phenoxy) is 1. The van der Waals surface area contributed by atoms with Crippen LogP contribution < -0.4 is 5.73 Å². The topological polar surface area (TPSA) is 66.0 Å². The molecule has 0 atom stereocenters. The molecule has 0 saturated carbocycles. The molecule has 0 spiro atoms. The van der Waals surface area contributed by atoms with Crippen LogP contribution in [0.3, 0.4) is 0 Å². The zero-order valence-electron chi connectivity index (χ0n) is 11.9. The predicted octanol–water partition coefficient (Wildman–Crippen LogP) is 2.38. The molecular formula is C14H22N4O. The highest BCUT2D eigenvalue weighted by Gasteiger charge is 2.09. The van der Waals surface area contributed by atoms with Gasteiger partial charge in [-0.05, 0) is 31.4 Å². The van der Waals surface area contributed by atoms with Crippen molar-refractivity contribution in [2.45, 2.75) is 33.7 Å². The monoisotopic (exact) mass is 262 g/mol. The Morgan fingerprint density at radius 2 is 2.11 bits per heavy atom. The molecule has 104 valence electrons. The number of nitrogens with two attached hydrogens (primary N) is 1. The van der Waals surface area contributed by atoms with Crippen LogP contribution in [0.5, 0.6) is 0 Å². The van der Waals surface area contributed by atoms with Crippen LogP contribution in [0.4, 0.5) is 5.95 Å². The minimum Gasteiger partial charge on any atom is -0.381 e. The molecule has 19 heavy (non-hydrogen) atoms. The van der Waals surface area contributed by atoms with Crippen LogP contribution in [0, 0.1) is 12.8 Å². The summed E-state index contributed by atoms with van der Waals surface area (Å²) >= 11 is 0. The number of fused-ring (bicyclic) bond motifs is 1. The van der Waals surface area contributed by atoms with Crippen LogP contribution in [-0.4, -0.2) is 27.7 Å². The maximum absolute atomic E-state index is 5.94. The average molecular weight is 262 g/mol. The third-order valence-corrected chi connectivity index (χ3v) is 2.88. The molecule has 0 unspecified atom stereocenters. The highest BCUT2D eigenvalue weighted by molar-refractivity contribution is 5.74. The van der Waals surface area contributed by atoms with E-state index in [1.54, 1.807) is 0 Å². The van der Waals surface area contributed by atoms with Gasteiger partial charge >= 0.3 is 0 Å². The molecule has 5 heteroatoms. The number of anilines is 1. The van der Waals surface area contributed by atoms with Crippen LogP contribution in [0.25, 0.3) is 11.2 Å². The van der Waals surface area contributed by atoms with Gasteiger partial charge in [-0.25, -0.2) is 9.97 Å². The third-order valence-electron chi connectivity index (χ3n) is 2.88. The Morgan fingerprint density at radius 3 is 2.84 bits per heavy atom. The molecule has 2 heterocycles. The normalized spacial score (nSPS) is 11.6. The molecular weight excluding hydrogens is 240 g/mol. The fraction of sp³-hybridized carbons (Fsp3) is 0.571. The summed E-state index contributed by atoms with van der Waals surface area (Å²) in [6, 6.07) is 3.91. The molecule has 0 fully saturated rings. The van der Waals surface area contributed by atoms with Crippen molar-refractivity contribution < 1.29 is 4.74 Å². The fourth-order valence-electron chi connectivity index (χ4n) is 1.98. The van der Waals surface area contributed by atoms with Crippen molar-refractivity contribution >= 4 is 17.1 Å². The molecule has 0 aromatic carbocycles. The van der Waals surface area contributed by atoms with Gasteiger partial charge in [0.2, 0.25) is 5.95 Å². The van der Waals surface area contributed by atoms with E-state index in [1.807, 2.05) is 23.6 Å². The summed E-state index contributed by atoms with van der Waals surface area (Å²) in [5.41, 5.74) is 8.63. The Morgan fingerprint density at radius 1 is 1.32 bits per heavy atom. The van der Waals surface area contributed by atoms with E-state index in [4.69, 9.17) is 10.5 Å². The number of rotatable bonds is 6. The molecule has 5 nitrogen and oxygen atoms in total. The zero-order valence-corrected chi connectivity index (χ0v) is 11.9. The molecule has 0 bridgehead atoms. The number of hydrogen-bond donors (Lipinski definition) is 1. The number of hydrogen-bond acceptors (Lipinski definition) is 4. The second-order valence-electron chi connectivity index (χ2n) is 5.24. The summed E-state index contributed by atoms with van der Waals surface area (Å²) in [5.74, 6) is 1.10. The van der Waals surface area contributed by atoms with Gasteiger partial charge in [0.1, 0.15) is 5.52 Å². The second kappa shape index (κ2) is 6.02. The maximum Gasteiger partial charge on any atom is 0.202 e. The summed E-state index contributed by atoms with van der Waals surface area (Å²) in [4.78, 5) is 8.82. The van der Waals surface area contributed by atoms with Crippen LogP contribution in [0.2, 0.25) is 0 Å². The summed E-state index contributed by atoms with van der Waals surface area (Å²) in [5, 5.41) is 0. The largest absolute Gasteiger partial charge is 0.381 e. The lowest BCUT2D eigenvalue weighted by atomic mass is 10.2. The minimum atomic E-state index is 0.525. The minimum absolute atomic E-state index is 0.525. The standard InChI is InChI=1S/C14H22N4O/c1-10(2)9-19-8-4-7-18-13-12(17-14(18)15)6-5-11(3)16-13/h5-6,10H,4,7-9H2,1-3H3,(H2,15,17). The first kappa shape index (κ1) is 13.8. The van der Waals surface area contributed by atoms with E-state index in [9.17, 15) is 0 Å². The number of nitrogens with zero attached hydrogens (tertiary/aromatic N) is 3. The molecule has 0 saturated heterocycles. The van der Waals surface area contributed by atoms with Gasteiger partial charge < -0.3 is 10.5 Å². The van der Waals surface area contributed by atoms with Gasteiger partial charge in [0.25, 0.3) is 0 Å². The number of pyridine rings is 1. The molecule has 0 amide bonds. The third kappa shape index (κ3) is 3.44. The van der Waals surface area contributed by atoms with Crippen molar-refractivity contribution in [2.75, 3.05) is 18.9 Å². The van der Waals surface area contributed by atoms with Crippen molar-refractivity contribution in [3.63, 3.8) is 0 Å². The van der Waals surface area contributed by atoms with Crippen molar-refractivity contribution in [1.82, 2.24) is 14.5 Å². The summed E-state index contributed by atoms with van der Waals surface area (Å²) in [7, 11) is 0. The molecule has 2 N–H and O–H groups in total. The van der Waals surface area contributed by atoms with Gasteiger partial charge in [0, 0.05) is 25.5 Å². The van der Waals surface area contributed by atoms with Gasteiger partial charge in [-0.1, -0.05) is 13.8 Å². The van der Waals surface area contributed by atoms with Crippen LogP contribution in [0.15, 0.2) is 12.1 Å². The molecule has 0 aliphatic rings. The Labute approximate surface area is 113 Å². The van der Waals surface area contributed by atoms with Crippen molar-refractivity contribution in [3.8, 4) is 0 Å². The number of imidazole rings is 1. The van der Waals surface area contributed by atoms with Crippen LogP contribution >= 0.6 is 0 Å². The highest BCUT2D eigenvalue weighted by atomic mass is 16.5. The van der Waals surface area contributed by atoms with Gasteiger partial charge in [0.05, 0.1) is 0 Å². The first-order valence-electron chi connectivity index (χ1n) is 6.75. The molecule has 2 rings (SSSR count). The van der Waals surface area contributed by atoms with Gasteiger partial charge in [-0.3, -0.25) is 4.57 Å². The van der Waals surface area contributed by atoms with E-state index in [0.29, 0.717) is 11.9 Å². The van der Waals surface area contributed by atoms with E-state index in [2.05, 4.69) is 23.8 Å². The lowest BCUT2D eigenvalue weighted by Crippen LogP contribution is -2.09. The SMILES string of the molecule is Cc1ccc2nc(N)n(CCCOCC(C)C)c2n1. The highest BCUT2D eigenvalue weighted by Crippen LogP contribution is 2.16. The van der Waals surface area contributed by atoms with Crippen LogP contribution in [-0.2, 0) is 11.3 Å². The number of aryl methyl sites for hydroxylation is 2. The van der Waals surface area contributed by atoms with Gasteiger partial charge in [-0.2, -0.15) is 0 Å². The fourth-order valence-corrected chi connectivity index (χ4v) is 1.98. The molecule has 2 aromatic rings. The zero-order chi connectivity index (χ0) is 13.8. The van der Waals surface area contributed by atoms with Crippen LogP contribution in [0.1, 0.15) is 26.0 Å². The average Bonchev–Trinajstić information content (AvgIpc) is 2.65. The number of nitrogen functional groups attached to an aromatic ring is 1. The summed E-state index contributed by atoms with van der Waals surface area (Å²) in [6.07, 6.45) is 0.915. The van der Waals surface area contributed by atoms with E-state index in [-0.39, 0.29) is 0 Å². The second-order valence-corrected chi connectivity index (χ2v) is 5.24. The van der Waals surface area contributed by atoms with Gasteiger partial charge in [0.15, 0.2) is 5.65 Å². The Bertz CT molecular complexity index is 548. The predicted molar refractivity (Wildman–Crippen MR) is 77.0 cm³/mol. The Hall–Kier alpha value is -1.62. The smallest absolute Gasteiger partial charge is 0.202 e. The van der Waals surface area contributed by atoms with E-state index in [0.717, 1.165) is 43.0 Å². The van der Waals surface area contributed by atoms with Crippen molar-refractivity contribution in [1.29, 1.82) is 0 Å². The first-order valence-corrected chi connectivity index (χ1v) is 6.75. The number of aromatic nitrogens is 3. The van der Waals surface area contributed by atoms with Crippen molar-refractivity contribution in [2.24, 2.45) is 5.92 Å². The van der Waals surface area contributed by atoms with E-state index < -0.39 is 0 Å². The lowest BCUT2D eigenvalue weighted by molar-refractivity contribution is 0.105. The van der Waals surface area contributed by atoms with Crippen molar-refractivity contribution in [3.05, 3.63) is 17.8 Å².